The zero-order valence-electron chi connectivity index (χ0n) is 8.97. The molecule has 84 valence electrons. The van der Waals surface area contributed by atoms with Gasteiger partial charge in [-0.2, -0.15) is 11.8 Å². The van der Waals surface area contributed by atoms with E-state index in [0.29, 0.717) is 5.75 Å². The Balaban J connectivity index is 1.94. The van der Waals surface area contributed by atoms with Crippen molar-refractivity contribution in [2.24, 2.45) is 5.92 Å². The van der Waals surface area contributed by atoms with Crippen LogP contribution in [0.3, 0.4) is 0 Å². The molecule has 16 heavy (non-hydrogen) atoms. The Morgan fingerprint density at radius 3 is 3.31 bits per heavy atom. The van der Waals surface area contributed by atoms with E-state index in [2.05, 4.69) is 4.98 Å². The van der Waals surface area contributed by atoms with E-state index in [-0.39, 0.29) is 0 Å². The largest absolute Gasteiger partial charge is 0.506 e. The van der Waals surface area contributed by atoms with Gasteiger partial charge in [0.2, 0.25) is 0 Å². The summed E-state index contributed by atoms with van der Waals surface area (Å²) >= 11 is 2.03. The summed E-state index contributed by atoms with van der Waals surface area (Å²) in [5.41, 5.74) is 0.808. The average Bonchev–Trinajstić information content (AvgIpc) is 2.90. The quantitative estimate of drug-likeness (QED) is 0.866. The van der Waals surface area contributed by atoms with E-state index < -0.39 is 0 Å². The molecule has 1 aliphatic rings. The van der Waals surface area contributed by atoms with E-state index in [1.807, 2.05) is 28.4 Å². The lowest BCUT2D eigenvalue weighted by molar-refractivity contribution is 0.478. The Morgan fingerprint density at radius 2 is 2.50 bits per heavy atom. The molecule has 0 saturated carbocycles. The van der Waals surface area contributed by atoms with Gasteiger partial charge in [-0.3, -0.25) is 0 Å². The van der Waals surface area contributed by atoms with Gasteiger partial charge in [0.15, 0.2) is 0 Å². The van der Waals surface area contributed by atoms with E-state index in [0.717, 1.165) is 23.7 Å². The van der Waals surface area contributed by atoms with Crippen molar-refractivity contribution in [3.63, 3.8) is 0 Å². The third-order valence-electron chi connectivity index (χ3n) is 3.12. The number of imidazole rings is 1. The first-order chi connectivity index (χ1) is 7.84. The van der Waals surface area contributed by atoms with Crippen LogP contribution >= 0.6 is 11.8 Å². The van der Waals surface area contributed by atoms with Crippen molar-refractivity contribution < 1.29 is 5.11 Å². The minimum absolute atomic E-state index is 0.307. The topological polar surface area (TPSA) is 37.5 Å². The first kappa shape index (κ1) is 10.0. The van der Waals surface area contributed by atoms with Gasteiger partial charge in [0.1, 0.15) is 17.1 Å². The van der Waals surface area contributed by atoms with Gasteiger partial charge in [-0.1, -0.05) is 0 Å². The van der Waals surface area contributed by atoms with Crippen molar-refractivity contribution in [1.82, 2.24) is 9.38 Å². The SMILES string of the molecule is Oc1cccn2c(CC3CCSC3)ncc12. The summed E-state index contributed by atoms with van der Waals surface area (Å²) < 4.78 is 2.00. The first-order valence-corrected chi connectivity index (χ1v) is 6.72. The molecule has 2 aromatic heterocycles. The molecule has 0 aliphatic carbocycles. The molecule has 0 aromatic carbocycles. The molecule has 1 N–H and O–H groups in total. The molecule has 0 spiro atoms. The lowest BCUT2D eigenvalue weighted by Gasteiger charge is -2.07. The molecule has 3 rings (SSSR count). The fraction of sp³-hybridized carbons (Fsp3) is 0.417. The molecule has 0 radical (unpaired) electrons. The molecule has 1 atom stereocenters. The van der Waals surface area contributed by atoms with Gasteiger partial charge in [-0.15, -0.1) is 0 Å². The van der Waals surface area contributed by atoms with Crippen molar-refractivity contribution in [2.45, 2.75) is 12.8 Å². The van der Waals surface area contributed by atoms with E-state index in [1.165, 1.54) is 17.9 Å². The van der Waals surface area contributed by atoms with Gasteiger partial charge in [-0.25, -0.2) is 4.98 Å². The van der Waals surface area contributed by atoms with E-state index in [1.54, 1.807) is 12.3 Å². The number of pyridine rings is 1. The normalized spacial score (nSPS) is 20.6. The second kappa shape index (κ2) is 4.01. The number of hydrogen-bond donors (Lipinski definition) is 1. The lowest BCUT2D eigenvalue weighted by Crippen LogP contribution is -2.06. The maximum absolute atomic E-state index is 9.68. The highest BCUT2D eigenvalue weighted by Crippen LogP contribution is 2.27. The Morgan fingerprint density at radius 1 is 1.56 bits per heavy atom. The van der Waals surface area contributed by atoms with Gasteiger partial charge in [-0.05, 0) is 36.0 Å². The summed E-state index contributed by atoms with van der Waals surface area (Å²) in [5.74, 6) is 4.64. The van der Waals surface area contributed by atoms with E-state index in [4.69, 9.17) is 0 Å². The molecule has 1 aliphatic heterocycles. The summed E-state index contributed by atoms with van der Waals surface area (Å²) in [7, 11) is 0. The number of fused-ring (bicyclic) bond motifs is 1. The molecule has 2 aromatic rings. The second-order valence-corrected chi connectivity index (χ2v) is 5.41. The molecule has 1 unspecified atom stereocenters. The number of aromatic hydroxyl groups is 1. The molecular formula is C12H14N2OS. The molecule has 3 nitrogen and oxygen atoms in total. The number of rotatable bonds is 2. The van der Waals surface area contributed by atoms with Crippen LogP contribution in [0.15, 0.2) is 24.5 Å². The molecule has 1 saturated heterocycles. The molecule has 0 bridgehead atoms. The summed E-state index contributed by atoms with van der Waals surface area (Å²) in [4.78, 5) is 4.41. The van der Waals surface area contributed by atoms with Crippen molar-refractivity contribution in [3.8, 4) is 5.75 Å². The predicted molar refractivity (Wildman–Crippen MR) is 66.0 cm³/mol. The number of hydrogen-bond acceptors (Lipinski definition) is 3. The Hall–Kier alpha value is -1.16. The third-order valence-corrected chi connectivity index (χ3v) is 4.35. The van der Waals surface area contributed by atoms with Crippen molar-refractivity contribution in [3.05, 3.63) is 30.4 Å². The smallest absolute Gasteiger partial charge is 0.141 e. The van der Waals surface area contributed by atoms with E-state index >= 15 is 0 Å². The number of aromatic nitrogens is 2. The summed E-state index contributed by atoms with van der Waals surface area (Å²) in [5, 5.41) is 9.68. The lowest BCUT2D eigenvalue weighted by atomic mass is 10.1. The fourth-order valence-corrected chi connectivity index (χ4v) is 3.50. The Labute approximate surface area is 98.5 Å². The van der Waals surface area contributed by atoms with Crippen molar-refractivity contribution in [2.75, 3.05) is 11.5 Å². The van der Waals surface area contributed by atoms with Crippen LogP contribution < -0.4 is 0 Å². The number of nitrogens with zero attached hydrogens (tertiary/aromatic N) is 2. The molecule has 0 amide bonds. The van der Waals surface area contributed by atoms with Gasteiger partial charge in [0, 0.05) is 12.6 Å². The average molecular weight is 234 g/mol. The summed E-state index contributed by atoms with van der Waals surface area (Å²) in [6.07, 6.45) is 6.04. The van der Waals surface area contributed by atoms with Crippen LogP contribution in [-0.4, -0.2) is 26.0 Å². The fourth-order valence-electron chi connectivity index (χ4n) is 2.21. The van der Waals surface area contributed by atoms with Crippen molar-refractivity contribution in [1.29, 1.82) is 0 Å². The zero-order valence-corrected chi connectivity index (χ0v) is 9.78. The number of thioether (sulfide) groups is 1. The van der Waals surface area contributed by atoms with Crippen LogP contribution in [0.1, 0.15) is 12.2 Å². The van der Waals surface area contributed by atoms with Crippen LogP contribution in [0.25, 0.3) is 5.52 Å². The first-order valence-electron chi connectivity index (χ1n) is 5.56. The highest BCUT2D eigenvalue weighted by atomic mass is 32.2. The van der Waals surface area contributed by atoms with Crippen LogP contribution in [0.4, 0.5) is 0 Å². The molecular weight excluding hydrogens is 220 g/mol. The van der Waals surface area contributed by atoms with Gasteiger partial charge in [0.25, 0.3) is 0 Å². The molecule has 4 heteroatoms. The Kier molecular flexibility index (Phi) is 2.52. The van der Waals surface area contributed by atoms with Gasteiger partial charge >= 0.3 is 0 Å². The van der Waals surface area contributed by atoms with Crippen LogP contribution in [0.5, 0.6) is 5.75 Å². The van der Waals surface area contributed by atoms with Gasteiger partial charge < -0.3 is 9.51 Å². The van der Waals surface area contributed by atoms with E-state index in [9.17, 15) is 5.11 Å². The minimum atomic E-state index is 0.307. The van der Waals surface area contributed by atoms with Crippen molar-refractivity contribution >= 4 is 17.3 Å². The van der Waals surface area contributed by atoms with Crippen LogP contribution in [0, 0.1) is 5.92 Å². The highest BCUT2D eigenvalue weighted by molar-refractivity contribution is 7.99. The van der Waals surface area contributed by atoms with Crippen LogP contribution in [-0.2, 0) is 6.42 Å². The Bertz CT molecular complexity index is 503. The van der Waals surface area contributed by atoms with Gasteiger partial charge in [0.05, 0.1) is 6.20 Å². The van der Waals surface area contributed by atoms with Crippen LogP contribution in [0.2, 0.25) is 0 Å². The monoisotopic (exact) mass is 234 g/mol. The standard InChI is InChI=1S/C12H14N2OS/c15-11-2-1-4-14-10(11)7-13-12(14)6-9-3-5-16-8-9/h1-2,4,7,9,15H,3,5-6,8H2. The summed E-state index contributed by atoms with van der Waals surface area (Å²) in [6, 6.07) is 3.56. The highest BCUT2D eigenvalue weighted by Gasteiger charge is 2.18. The molecule has 3 heterocycles. The maximum Gasteiger partial charge on any atom is 0.141 e. The molecule has 1 fully saturated rings. The summed E-state index contributed by atoms with van der Waals surface area (Å²) in [6.45, 7) is 0. The maximum atomic E-state index is 9.68. The predicted octanol–water partition coefficient (Wildman–Crippen LogP) is 2.34. The second-order valence-electron chi connectivity index (χ2n) is 4.26. The third kappa shape index (κ3) is 1.67. The minimum Gasteiger partial charge on any atom is -0.506 e. The zero-order chi connectivity index (χ0) is 11.0.